The highest BCUT2D eigenvalue weighted by Gasteiger charge is 2.08. The van der Waals surface area contributed by atoms with Crippen LogP contribution >= 0.6 is 0 Å². The number of nitrogens with zero attached hydrogens (tertiary/aromatic N) is 3. The lowest BCUT2D eigenvalue weighted by molar-refractivity contribution is 0.0660. The van der Waals surface area contributed by atoms with Crippen molar-refractivity contribution in [1.82, 2.24) is 14.6 Å². The van der Waals surface area contributed by atoms with Gasteiger partial charge in [-0.05, 0) is 18.2 Å². The minimum Gasteiger partial charge on any atom is -0.475 e. The van der Waals surface area contributed by atoms with Crippen molar-refractivity contribution in [2.75, 3.05) is 5.32 Å². The number of nitrogens with one attached hydrogen (secondary N) is 1. The van der Waals surface area contributed by atoms with E-state index in [0.29, 0.717) is 18.1 Å². The van der Waals surface area contributed by atoms with Crippen LogP contribution in [0.15, 0.2) is 41.1 Å². The SMILES string of the molecule is O=C(O)c1ccc(CNc2ccn3nccc3n2)o1. The third kappa shape index (κ3) is 2.25. The Labute approximate surface area is 107 Å². The standard InChI is InChI=1S/C12H10N4O3/c17-12(18)9-2-1-8(19-9)7-13-10-4-6-16-11(15-10)3-5-14-16/h1-6H,7H2,(H,13,15)(H,17,18). The monoisotopic (exact) mass is 258 g/mol. The van der Waals surface area contributed by atoms with E-state index in [-0.39, 0.29) is 5.76 Å². The highest BCUT2D eigenvalue weighted by molar-refractivity contribution is 5.84. The fourth-order valence-electron chi connectivity index (χ4n) is 1.68. The summed E-state index contributed by atoms with van der Waals surface area (Å²) in [4.78, 5) is 15.0. The molecule has 0 aliphatic rings. The van der Waals surface area contributed by atoms with Crippen molar-refractivity contribution in [1.29, 1.82) is 0 Å². The summed E-state index contributed by atoms with van der Waals surface area (Å²) in [5.74, 6) is 0.0508. The zero-order valence-electron chi connectivity index (χ0n) is 9.78. The fraction of sp³-hybridized carbons (Fsp3) is 0.0833. The molecule has 3 rings (SSSR count). The number of aromatic carboxylic acids is 1. The molecule has 7 nitrogen and oxygen atoms in total. The Hall–Kier alpha value is -2.83. The molecule has 0 atom stereocenters. The number of carboxylic acid groups (broad SMARTS) is 1. The van der Waals surface area contributed by atoms with E-state index in [1.807, 2.05) is 0 Å². The number of carboxylic acids is 1. The number of furan rings is 1. The summed E-state index contributed by atoms with van der Waals surface area (Å²) >= 11 is 0. The van der Waals surface area contributed by atoms with Crippen molar-refractivity contribution in [3.05, 3.63) is 48.2 Å². The summed E-state index contributed by atoms with van der Waals surface area (Å²) in [6, 6.07) is 6.61. The predicted molar refractivity (Wildman–Crippen MR) is 66.0 cm³/mol. The molecule has 96 valence electrons. The summed E-state index contributed by atoms with van der Waals surface area (Å²) < 4.78 is 6.79. The highest BCUT2D eigenvalue weighted by Crippen LogP contribution is 2.11. The largest absolute Gasteiger partial charge is 0.475 e. The van der Waals surface area contributed by atoms with Crippen LogP contribution in [-0.4, -0.2) is 25.7 Å². The van der Waals surface area contributed by atoms with Crippen LogP contribution < -0.4 is 5.32 Å². The van der Waals surface area contributed by atoms with Crippen LogP contribution in [0, 0.1) is 0 Å². The van der Waals surface area contributed by atoms with E-state index in [1.54, 1.807) is 35.1 Å². The van der Waals surface area contributed by atoms with Gasteiger partial charge in [-0.2, -0.15) is 5.10 Å². The molecule has 0 saturated carbocycles. The van der Waals surface area contributed by atoms with Crippen LogP contribution in [0.2, 0.25) is 0 Å². The van der Waals surface area contributed by atoms with Gasteiger partial charge in [0, 0.05) is 12.3 Å². The number of anilines is 1. The lowest BCUT2D eigenvalue weighted by atomic mass is 10.4. The number of carbonyl (C=O) groups is 1. The number of hydrogen-bond donors (Lipinski definition) is 2. The van der Waals surface area contributed by atoms with Crippen molar-refractivity contribution in [3.63, 3.8) is 0 Å². The van der Waals surface area contributed by atoms with E-state index in [9.17, 15) is 4.79 Å². The second-order valence-corrected chi connectivity index (χ2v) is 3.87. The lowest BCUT2D eigenvalue weighted by Gasteiger charge is -2.03. The number of hydrogen-bond acceptors (Lipinski definition) is 5. The summed E-state index contributed by atoms with van der Waals surface area (Å²) in [6.45, 7) is 0.366. The van der Waals surface area contributed by atoms with Crippen LogP contribution in [0.3, 0.4) is 0 Å². The first-order valence-electron chi connectivity index (χ1n) is 5.59. The number of rotatable bonds is 4. The quantitative estimate of drug-likeness (QED) is 0.738. The molecule has 0 spiro atoms. The normalized spacial score (nSPS) is 10.7. The number of fused-ring (bicyclic) bond motifs is 1. The summed E-state index contributed by atoms with van der Waals surface area (Å²) in [7, 11) is 0. The van der Waals surface area contributed by atoms with Crippen molar-refractivity contribution in [3.8, 4) is 0 Å². The molecule has 19 heavy (non-hydrogen) atoms. The molecule has 3 heterocycles. The second kappa shape index (κ2) is 4.45. The maximum atomic E-state index is 10.7. The Bertz CT molecular complexity index is 731. The lowest BCUT2D eigenvalue weighted by Crippen LogP contribution is -2.02. The average molecular weight is 258 g/mol. The van der Waals surface area contributed by atoms with Gasteiger partial charge in [0.1, 0.15) is 11.6 Å². The van der Waals surface area contributed by atoms with Gasteiger partial charge in [-0.15, -0.1) is 0 Å². The van der Waals surface area contributed by atoms with Gasteiger partial charge in [-0.3, -0.25) is 0 Å². The van der Waals surface area contributed by atoms with Gasteiger partial charge in [-0.25, -0.2) is 14.3 Å². The number of aromatic nitrogens is 3. The molecule has 0 aliphatic heterocycles. The first kappa shape index (κ1) is 11.3. The van der Waals surface area contributed by atoms with Crippen molar-refractivity contribution < 1.29 is 14.3 Å². The van der Waals surface area contributed by atoms with Crippen LogP contribution in [0.4, 0.5) is 5.82 Å². The van der Waals surface area contributed by atoms with E-state index in [4.69, 9.17) is 9.52 Å². The summed E-state index contributed by atoms with van der Waals surface area (Å²) in [6.07, 6.45) is 3.45. The van der Waals surface area contributed by atoms with E-state index in [2.05, 4.69) is 15.4 Å². The molecule has 0 aromatic carbocycles. The third-order valence-corrected chi connectivity index (χ3v) is 2.57. The maximum absolute atomic E-state index is 10.7. The smallest absolute Gasteiger partial charge is 0.371 e. The maximum Gasteiger partial charge on any atom is 0.371 e. The molecule has 0 saturated heterocycles. The van der Waals surface area contributed by atoms with Gasteiger partial charge in [0.2, 0.25) is 5.76 Å². The molecular formula is C12H10N4O3. The Balaban J connectivity index is 1.72. The Morgan fingerprint density at radius 1 is 1.37 bits per heavy atom. The van der Waals surface area contributed by atoms with Gasteiger partial charge in [0.25, 0.3) is 0 Å². The van der Waals surface area contributed by atoms with Crippen LogP contribution in [-0.2, 0) is 6.54 Å². The molecule has 0 unspecified atom stereocenters. The fourth-order valence-corrected chi connectivity index (χ4v) is 1.68. The Kier molecular flexibility index (Phi) is 2.64. The summed E-state index contributed by atoms with van der Waals surface area (Å²) in [5, 5.41) is 15.8. The third-order valence-electron chi connectivity index (χ3n) is 2.57. The Morgan fingerprint density at radius 2 is 2.26 bits per heavy atom. The zero-order valence-corrected chi connectivity index (χ0v) is 9.78. The molecular weight excluding hydrogens is 248 g/mol. The molecule has 3 aromatic heterocycles. The van der Waals surface area contributed by atoms with E-state index in [0.717, 1.165) is 5.65 Å². The second-order valence-electron chi connectivity index (χ2n) is 3.87. The first-order chi connectivity index (χ1) is 9.22. The minimum atomic E-state index is -1.08. The molecule has 2 N–H and O–H groups in total. The van der Waals surface area contributed by atoms with Gasteiger partial charge in [0.05, 0.1) is 12.7 Å². The average Bonchev–Trinajstić information content (AvgIpc) is 3.04. The van der Waals surface area contributed by atoms with Crippen LogP contribution in [0.5, 0.6) is 0 Å². The van der Waals surface area contributed by atoms with E-state index >= 15 is 0 Å². The van der Waals surface area contributed by atoms with Crippen molar-refractivity contribution >= 4 is 17.4 Å². The predicted octanol–water partition coefficient (Wildman–Crippen LogP) is 1.63. The highest BCUT2D eigenvalue weighted by atomic mass is 16.4. The molecule has 0 bridgehead atoms. The van der Waals surface area contributed by atoms with Gasteiger partial charge < -0.3 is 14.8 Å². The van der Waals surface area contributed by atoms with Crippen molar-refractivity contribution in [2.24, 2.45) is 0 Å². The van der Waals surface area contributed by atoms with E-state index in [1.165, 1.54) is 6.07 Å². The molecule has 0 radical (unpaired) electrons. The minimum absolute atomic E-state index is 0.0731. The molecule has 0 fully saturated rings. The molecule has 0 amide bonds. The Morgan fingerprint density at radius 3 is 3.05 bits per heavy atom. The van der Waals surface area contributed by atoms with Crippen LogP contribution in [0.25, 0.3) is 5.65 Å². The zero-order chi connectivity index (χ0) is 13.2. The van der Waals surface area contributed by atoms with Crippen molar-refractivity contribution in [2.45, 2.75) is 6.54 Å². The van der Waals surface area contributed by atoms with E-state index < -0.39 is 5.97 Å². The van der Waals surface area contributed by atoms with Gasteiger partial charge in [0.15, 0.2) is 5.65 Å². The topological polar surface area (TPSA) is 92.7 Å². The molecule has 3 aromatic rings. The first-order valence-corrected chi connectivity index (χ1v) is 5.59. The van der Waals surface area contributed by atoms with Crippen LogP contribution in [0.1, 0.15) is 16.3 Å². The molecule has 7 heteroatoms. The van der Waals surface area contributed by atoms with Gasteiger partial charge in [-0.1, -0.05) is 0 Å². The molecule has 0 aliphatic carbocycles. The van der Waals surface area contributed by atoms with Gasteiger partial charge >= 0.3 is 5.97 Å². The summed E-state index contributed by atoms with van der Waals surface area (Å²) in [5.41, 5.74) is 0.732.